The summed E-state index contributed by atoms with van der Waals surface area (Å²) < 4.78 is 23.6. The smallest absolute Gasteiger partial charge is 0.227 e. The molecule has 0 aromatic carbocycles. The molecule has 0 saturated heterocycles. The van der Waals surface area contributed by atoms with E-state index < -0.39 is 9.84 Å². The highest BCUT2D eigenvalue weighted by Crippen LogP contribution is 2.10. The van der Waals surface area contributed by atoms with Gasteiger partial charge in [-0.2, -0.15) is 5.26 Å². The zero-order chi connectivity index (χ0) is 12.2. The van der Waals surface area contributed by atoms with Crippen molar-refractivity contribution in [3.8, 4) is 6.07 Å². The standard InChI is InChI=1S/C9H10ClN3O2S/c1-7(4-10)6-16(14,15)9-12-3-2-8(5-11)13-9/h2-3,7H,4,6H2,1H3. The van der Waals surface area contributed by atoms with Crippen LogP contribution in [-0.4, -0.2) is 30.0 Å². The third-order valence-corrected chi connectivity index (χ3v) is 4.08. The van der Waals surface area contributed by atoms with Crippen molar-refractivity contribution in [3.63, 3.8) is 0 Å². The number of halogens is 1. The van der Waals surface area contributed by atoms with E-state index in [1.54, 1.807) is 13.0 Å². The fourth-order valence-corrected chi connectivity index (χ4v) is 2.76. The molecule has 1 aromatic rings. The second-order valence-corrected chi connectivity index (χ2v) is 5.61. The number of hydrogen-bond donors (Lipinski definition) is 0. The van der Waals surface area contributed by atoms with Crippen molar-refractivity contribution in [2.75, 3.05) is 11.6 Å². The number of sulfone groups is 1. The van der Waals surface area contributed by atoms with Crippen LogP contribution in [0.3, 0.4) is 0 Å². The Morgan fingerprint density at radius 2 is 2.31 bits per heavy atom. The lowest BCUT2D eigenvalue weighted by molar-refractivity contribution is 0.574. The van der Waals surface area contributed by atoms with Gasteiger partial charge < -0.3 is 0 Å². The normalized spacial score (nSPS) is 13.1. The third-order valence-electron chi connectivity index (χ3n) is 1.79. The van der Waals surface area contributed by atoms with E-state index in [-0.39, 0.29) is 28.4 Å². The molecule has 86 valence electrons. The first kappa shape index (κ1) is 12.9. The number of rotatable bonds is 4. The molecule has 0 fully saturated rings. The van der Waals surface area contributed by atoms with Crippen LogP contribution >= 0.6 is 11.6 Å². The van der Waals surface area contributed by atoms with Crippen LogP contribution in [0.5, 0.6) is 0 Å². The molecule has 7 heteroatoms. The lowest BCUT2D eigenvalue weighted by Gasteiger charge is -2.06. The number of aromatic nitrogens is 2. The molecule has 1 aromatic heterocycles. The van der Waals surface area contributed by atoms with Crippen molar-refractivity contribution in [2.24, 2.45) is 5.92 Å². The van der Waals surface area contributed by atoms with Crippen molar-refractivity contribution in [3.05, 3.63) is 18.0 Å². The Kier molecular flexibility index (Phi) is 4.21. The summed E-state index contributed by atoms with van der Waals surface area (Å²) in [4.78, 5) is 7.30. The SMILES string of the molecule is CC(CCl)CS(=O)(=O)c1nccc(C#N)n1. The van der Waals surface area contributed by atoms with Gasteiger partial charge in [-0.25, -0.2) is 18.4 Å². The van der Waals surface area contributed by atoms with Gasteiger partial charge >= 0.3 is 0 Å². The molecule has 0 spiro atoms. The number of nitrogens with zero attached hydrogens (tertiary/aromatic N) is 3. The molecule has 1 atom stereocenters. The average molecular weight is 260 g/mol. The first-order chi connectivity index (χ1) is 7.49. The monoisotopic (exact) mass is 259 g/mol. The zero-order valence-electron chi connectivity index (χ0n) is 8.59. The van der Waals surface area contributed by atoms with Crippen molar-refractivity contribution >= 4 is 21.4 Å². The van der Waals surface area contributed by atoms with Gasteiger partial charge in [-0.15, -0.1) is 11.6 Å². The Bertz CT molecular complexity index is 510. The van der Waals surface area contributed by atoms with Crippen LogP contribution < -0.4 is 0 Å². The zero-order valence-corrected chi connectivity index (χ0v) is 10.2. The molecule has 0 saturated carbocycles. The molecule has 0 aliphatic carbocycles. The van der Waals surface area contributed by atoms with Crippen LogP contribution in [0.4, 0.5) is 0 Å². The summed E-state index contributed by atoms with van der Waals surface area (Å²) in [6, 6.07) is 3.12. The Morgan fingerprint density at radius 1 is 1.62 bits per heavy atom. The molecule has 1 unspecified atom stereocenters. The van der Waals surface area contributed by atoms with E-state index in [0.29, 0.717) is 0 Å². The topological polar surface area (TPSA) is 83.7 Å². The van der Waals surface area contributed by atoms with Crippen molar-refractivity contribution in [1.82, 2.24) is 9.97 Å². The highest BCUT2D eigenvalue weighted by atomic mass is 35.5. The van der Waals surface area contributed by atoms with Crippen LogP contribution in [0.1, 0.15) is 12.6 Å². The fourth-order valence-electron chi connectivity index (χ4n) is 1.05. The van der Waals surface area contributed by atoms with Gasteiger partial charge in [-0.3, -0.25) is 0 Å². The Hall–Kier alpha value is -1.19. The Morgan fingerprint density at radius 3 is 2.88 bits per heavy atom. The molecule has 0 aliphatic rings. The summed E-state index contributed by atoms with van der Waals surface area (Å²) in [5.74, 6) is -0.0521. The van der Waals surface area contributed by atoms with Gasteiger partial charge in [0.05, 0.1) is 5.75 Å². The summed E-state index contributed by atoms with van der Waals surface area (Å²) >= 11 is 5.55. The quantitative estimate of drug-likeness (QED) is 0.595. The van der Waals surface area contributed by atoms with Crippen LogP contribution in [-0.2, 0) is 9.84 Å². The Balaban J connectivity index is 3.04. The lowest BCUT2D eigenvalue weighted by atomic mass is 10.3. The number of hydrogen-bond acceptors (Lipinski definition) is 5. The largest absolute Gasteiger partial charge is 0.248 e. The molecule has 0 radical (unpaired) electrons. The molecule has 0 N–H and O–H groups in total. The first-order valence-corrected chi connectivity index (χ1v) is 6.70. The molecule has 16 heavy (non-hydrogen) atoms. The molecule has 5 nitrogen and oxygen atoms in total. The average Bonchev–Trinajstić information content (AvgIpc) is 2.28. The number of alkyl halides is 1. The van der Waals surface area contributed by atoms with E-state index in [4.69, 9.17) is 16.9 Å². The van der Waals surface area contributed by atoms with E-state index in [0.717, 1.165) is 0 Å². The molecule has 0 amide bonds. The van der Waals surface area contributed by atoms with Crippen molar-refractivity contribution < 1.29 is 8.42 Å². The minimum Gasteiger partial charge on any atom is -0.227 e. The summed E-state index contributed by atoms with van der Waals surface area (Å²) in [7, 11) is -3.56. The predicted molar refractivity (Wildman–Crippen MR) is 58.7 cm³/mol. The van der Waals surface area contributed by atoms with E-state index in [9.17, 15) is 8.42 Å². The van der Waals surface area contributed by atoms with E-state index in [1.807, 2.05) is 0 Å². The van der Waals surface area contributed by atoms with Gasteiger partial charge in [0.2, 0.25) is 15.0 Å². The molecule has 0 bridgehead atoms. The first-order valence-electron chi connectivity index (χ1n) is 4.51. The Labute approximate surface area is 99.0 Å². The summed E-state index contributed by atoms with van der Waals surface area (Å²) in [6.45, 7) is 1.72. The van der Waals surface area contributed by atoms with Crippen molar-refractivity contribution in [1.29, 1.82) is 5.26 Å². The maximum Gasteiger partial charge on any atom is 0.248 e. The maximum atomic E-state index is 11.8. The summed E-state index contributed by atoms with van der Waals surface area (Å²) in [6.07, 6.45) is 1.25. The van der Waals surface area contributed by atoms with E-state index in [2.05, 4.69) is 9.97 Å². The minimum atomic E-state index is -3.56. The van der Waals surface area contributed by atoms with E-state index in [1.165, 1.54) is 12.3 Å². The van der Waals surface area contributed by atoms with Crippen LogP contribution in [0, 0.1) is 17.2 Å². The van der Waals surface area contributed by atoms with Crippen LogP contribution in [0.25, 0.3) is 0 Å². The van der Waals surface area contributed by atoms with Gasteiger partial charge in [-0.1, -0.05) is 6.92 Å². The maximum absolute atomic E-state index is 11.8. The van der Waals surface area contributed by atoms with Gasteiger partial charge in [-0.05, 0) is 12.0 Å². The minimum absolute atomic E-state index is 0.0344. The lowest BCUT2D eigenvalue weighted by Crippen LogP contribution is -2.17. The molecule has 0 aliphatic heterocycles. The summed E-state index contributed by atoms with van der Waals surface area (Å²) in [5, 5.41) is 8.28. The van der Waals surface area contributed by atoms with Gasteiger partial charge in [0.1, 0.15) is 11.8 Å². The van der Waals surface area contributed by atoms with E-state index >= 15 is 0 Å². The van der Waals surface area contributed by atoms with Crippen LogP contribution in [0.2, 0.25) is 0 Å². The number of nitriles is 1. The second kappa shape index (κ2) is 5.23. The molecule has 1 heterocycles. The van der Waals surface area contributed by atoms with Gasteiger partial charge in [0, 0.05) is 12.1 Å². The molecular weight excluding hydrogens is 250 g/mol. The molecule has 1 rings (SSSR count). The highest BCUT2D eigenvalue weighted by molar-refractivity contribution is 7.91. The van der Waals surface area contributed by atoms with Gasteiger partial charge in [0.25, 0.3) is 0 Å². The highest BCUT2D eigenvalue weighted by Gasteiger charge is 2.21. The summed E-state index contributed by atoms with van der Waals surface area (Å²) in [5.41, 5.74) is 0.0344. The van der Waals surface area contributed by atoms with Crippen molar-refractivity contribution in [2.45, 2.75) is 12.1 Å². The molecular formula is C9H10ClN3O2S. The second-order valence-electron chi connectivity index (χ2n) is 3.38. The third kappa shape index (κ3) is 3.15. The fraction of sp³-hybridized carbons (Fsp3) is 0.444. The van der Waals surface area contributed by atoms with Crippen LogP contribution in [0.15, 0.2) is 17.4 Å². The predicted octanol–water partition coefficient (Wildman–Crippen LogP) is 0.997. The van der Waals surface area contributed by atoms with Gasteiger partial charge in [0.15, 0.2) is 0 Å².